The largest absolute Gasteiger partial charge is 0.361 e. The van der Waals surface area contributed by atoms with E-state index < -0.39 is 0 Å². The molecule has 0 bridgehead atoms. The van der Waals surface area contributed by atoms with E-state index in [-0.39, 0.29) is 5.91 Å². The monoisotopic (exact) mass is 382 g/mol. The summed E-state index contributed by atoms with van der Waals surface area (Å²) < 4.78 is 0. The van der Waals surface area contributed by atoms with Crippen molar-refractivity contribution in [1.82, 2.24) is 4.90 Å². The van der Waals surface area contributed by atoms with Crippen LogP contribution in [0.2, 0.25) is 0 Å². The molecule has 0 radical (unpaired) electrons. The Labute approximate surface area is 172 Å². The highest BCUT2D eigenvalue weighted by atomic mass is 16.1. The van der Waals surface area contributed by atoms with Crippen molar-refractivity contribution in [2.24, 2.45) is 0 Å². The number of fused-ring (bicyclic) bond motifs is 5. The summed E-state index contributed by atoms with van der Waals surface area (Å²) in [5.41, 5.74) is 8.12. The third kappa shape index (κ3) is 3.31. The smallest absolute Gasteiger partial charge is 0.255 e. The number of para-hydroxylation sites is 1. The summed E-state index contributed by atoms with van der Waals surface area (Å²) in [6.45, 7) is 2.95. The van der Waals surface area contributed by atoms with Crippen molar-refractivity contribution in [2.75, 3.05) is 11.9 Å². The number of benzene rings is 2. The van der Waals surface area contributed by atoms with Gasteiger partial charge in [-0.1, -0.05) is 55.0 Å². The molecule has 1 unspecified atom stereocenters. The van der Waals surface area contributed by atoms with E-state index in [1.165, 1.54) is 53.6 Å². The Balaban J connectivity index is 1.55. The van der Waals surface area contributed by atoms with Crippen LogP contribution in [0.25, 0.3) is 11.8 Å². The zero-order valence-electron chi connectivity index (χ0n) is 16.8. The Morgan fingerprint density at radius 1 is 1.03 bits per heavy atom. The van der Waals surface area contributed by atoms with Crippen LogP contribution in [0.1, 0.15) is 42.4 Å². The molecule has 1 aliphatic carbocycles. The molecule has 3 nitrogen and oxygen atoms in total. The zero-order chi connectivity index (χ0) is 19.8. The fourth-order valence-electron chi connectivity index (χ4n) is 4.88. The summed E-state index contributed by atoms with van der Waals surface area (Å²) in [7, 11) is 0. The van der Waals surface area contributed by atoms with Gasteiger partial charge in [-0.25, -0.2) is 0 Å². The van der Waals surface area contributed by atoms with Crippen LogP contribution in [0.3, 0.4) is 0 Å². The fourth-order valence-corrected chi connectivity index (χ4v) is 4.88. The van der Waals surface area contributed by atoms with Crippen molar-refractivity contribution >= 4 is 23.4 Å². The van der Waals surface area contributed by atoms with Crippen molar-refractivity contribution in [1.29, 1.82) is 0 Å². The normalized spacial score (nSPS) is 20.2. The van der Waals surface area contributed by atoms with E-state index in [0.29, 0.717) is 6.04 Å². The Morgan fingerprint density at radius 2 is 1.90 bits per heavy atom. The zero-order valence-corrected chi connectivity index (χ0v) is 16.8. The first kappa shape index (κ1) is 18.0. The molecular weight excluding hydrogens is 356 g/mol. The first-order chi connectivity index (χ1) is 14.2. The van der Waals surface area contributed by atoms with E-state index in [2.05, 4.69) is 53.6 Å². The second kappa shape index (κ2) is 7.40. The second-order valence-corrected chi connectivity index (χ2v) is 8.18. The number of hydrogen-bond acceptors (Lipinski definition) is 2. The number of carbonyl (C=O) groups is 1. The van der Waals surface area contributed by atoms with Crippen LogP contribution >= 0.6 is 0 Å². The van der Waals surface area contributed by atoms with Crippen LogP contribution in [-0.2, 0) is 4.79 Å². The summed E-state index contributed by atoms with van der Waals surface area (Å²) in [6.07, 6.45) is 11.5. The van der Waals surface area contributed by atoms with Gasteiger partial charge < -0.3 is 10.2 Å². The lowest BCUT2D eigenvalue weighted by Gasteiger charge is -2.39. The average molecular weight is 383 g/mol. The van der Waals surface area contributed by atoms with Gasteiger partial charge >= 0.3 is 0 Å². The molecular formula is C26H26N2O. The van der Waals surface area contributed by atoms with Gasteiger partial charge in [0, 0.05) is 29.1 Å². The van der Waals surface area contributed by atoms with Crippen molar-refractivity contribution < 1.29 is 4.79 Å². The first-order valence-electron chi connectivity index (χ1n) is 10.6. The van der Waals surface area contributed by atoms with Gasteiger partial charge in [-0.15, -0.1) is 0 Å². The SMILES string of the molecule is Cc1cccc2c1C1=CC(C(=O)Nc3ccccc3)=CCN1C1CCCCC1=C2. The molecule has 2 aliphatic heterocycles. The summed E-state index contributed by atoms with van der Waals surface area (Å²) in [5, 5.41) is 3.03. The molecule has 0 aromatic heterocycles. The molecule has 5 rings (SSSR count). The second-order valence-electron chi connectivity index (χ2n) is 8.18. The summed E-state index contributed by atoms with van der Waals surface area (Å²) in [5.74, 6) is -0.0421. The van der Waals surface area contributed by atoms with Gasteiger partial charge in [0.1, 0.15) is 0 Å². The van der Waals surface area contributed by atoms with Gasteiger partial charge in [0.2, 0.25) is 0 Å². The van der Waals surface area contributed by atoms with E-state index in [4.69, 9.17) is 0 Å². The molecule has 146 valence electrons. The Bertz CT molecular complexity index is 1050. The van der Waals surface area contributed by atoms with E-state index in [1.807, 2.05) is 30.3 Å². The van der Waals surface area contributed by atoms with Gasteiger partial charge in [0.25, 0.3) is 5.91 Å². The molecule has 0 saturated heterocycles. The highest BCUT2D eigenvalue weighted by Crippen LogP contribution is 2.41. The maximum Gasteiger partial charge on any atom is 0.255 e. The maximum atomic E-state index is 13.0. The van der Waals surface area contributed by atoms with Gasteiger partial charge in [0.05, 0.1) is 6.04 Å². The van der Waals surface area contributed by atoms with Gasteiger partial charge in [-0.2, -0.15) is 0 Å². The van der Waals surface area contributed by atoms with Crippen molar-refractivity contribution in [3.05, 3.63) is 88.5 Å². The highest BCUT2D eigenvalue weighted by Gasteiger charge is 2.33. The minimum Gasteiger partial charge on any atom is -0.361 e. The molecule has 2 aromatic carbocycles. The summed E-state index contributed by atoms with van der Waals surface area (Å²) in [4.78, 5) is 15.5. The van der Waals surface area contributed by atoms with E-state index in [1.54, 1.807) is 0 Å². The lowest BCUT2D eigenvalue weighted by molar-refractivity contribution is -0.112. The Morgan fingerprint density at radius 3 is 2.76 bits per heavy atom. The van der Waals surface area contributed by atoms with Crippen molar-refractivity contribution in [3.8, 4) is 0 Å². The molecule has 3 aliphatic rings. The molecule has 1 fully saturated rings. The quantitative estimate of drug-likeness (QED) is 0.738. The summed E-state index contributed by atoms with van der Waals surface area (Å²) in [6, 6.07) is 16.6. The molecule has 2 aromatic rings. The topological polar surface area (TPSA) is 32.3 Å². The lowest BCUT2D eigenvalue weighted by Crippen LogP contribution is -2.38. The minimum atomic E-state index is -0.0421. The molecule has 2 heterocycles. The number of anilines is 1. The molecule has 1 N–H and O–H groups in total. The Hall–Kier alpha value is -3.07. The molecule has 0 spiro atoms. The van der Waals surface area contributed by atoms with Crippen molar-refractivity contribution in [3.63, 3.8) is 0 Å². The predicted molar refractivity (Wildman–Crippen MR) is 119 cm³/mol. The van der Waals surface area contributed by atoms with Gasteiger partial charge in [-0.3, -0.25) is 4.79 Å². The van der Waals surface area contributed by atoms with Crippen LogP contribution in [0.5, 0.6) is 0 Å². The Kier molecular flexibility index (Phi) is 4.59. The average Bonchev–Trinajstić information content (AvgIpc) is 2.89. The minimum absolute atomic E-state index is 0.0421. The molecule has 1 saturated carbocycles. The predicted octanol–water partition coefficient (Wildman–Crippen LogP) is 5.56. The number of rotatable bonds is 2. The van der Waals surface area contributed by atoms with E-state index in [0.717, 1.165) is 17.8 Å². The summed E-state index contributed by atoms with van der Waals surface area (Å²) >= 11 is 0. The number of nitrogens with zero attached hydrogens (tertiary/aromatic N) is 1. The number of nitrogens with one attached hydrogen (secondary N) is 1. The number of carbonyl (C=O) groups excluding carboxylic acids is 1. The number of amides is 1. The molecule has 1 atom stereocenters. The molecule has 3 heteroatoms. The van der Waals surface area contributed by atoms with Crippen LogP contribution in [0.4, 0.5) is 5.69 Å². The van der Waals surface area contributed by atoms with Crippen LogP contribution in [0.15, 0.2) is 71.8 Å². The first-order valence-corrected chi connectivity index (χ1v) is 10.6. The fraction of sp³-hybridized carbons (Fsp3) is 0.269. The van der Waals surface area contributed by atoms with Crippen LogP contribution < -0.4 is 5.32 Å². The third-order valence-corrected chi connectivity index (χ3v) is 6.30. The number of hydrogen-bond donors (Lipinski definition) is 1. The number of aryl methyl sites for hydroxylation is 1. The maximum absolute atomic E-state index is 13.0. The molecule has 29 heavy (non-hydrogen) atoms. The molecule has 1 amide bonds. The third-order valence-electron chi connectivity index (χ3n) is 6.30. The van der Waals surface area contributed by atoms with Crippen molar-refractivity contribution in [2.45, 2.75) is 38.6 Å². The highest BCUT2D eigenvalue weighted by molar-refractivity contribution is 6.07. The standard InChI is InChI=1S/C26H26N2O/c1-18-8-7-10-20-16-19-9-5-6-13-23(19)28-15-14-21(17-24(28)25(18)20)26(29)27-22-11-3-2-4-12-22/h2-4,7-8,10-12,14,16-17,23H,5-6,9,13,15H2,1H3,(H,27,29). The van der Waals surface area contributed by atoms with Crippen LogP contribution in [-0.4, -0.2) is 23.4 Å². The van der Waals surface area contributed by atoms with Crippen LogP contribution in [0, 0.1) is 6.92 Å². The van der Waals surface area contributed by atoms with Gasteiger partial charge in [0.15, 0.2) is 0 Å². The lowest BCUT2D eigenvalue weighted by atomic mass is 9.88. The van der Waals surface area contributed by atoms with Gasteiger partial charge in [-0.05, 0) is 61.1 Å². The van der Waals surface area contributed by atoms with E-state index in [9.17, 15) is 4.79 Å². The van der Waals surface area contributed by atoms with E-state index >= 15 is 0 Å².